The van der Waals surface area contributed by atoms with Gasteiger partial charge in [-0.15, -0.1) is 0 Å². The molecule has 0 saturated carbocycles. The summed E-state index contributed by atoms with van der Waals surface area (Å²) in [6.45, 7) is 0.752. The van der Waals surface area contributed by atoms with Crippen LogP contribution in [0.15, 0.2) is 29.2 Å². The summed E-state index contributed by atoms with van der Waals surface area (Å²) in [6.07, 6.45) is 0.600. The summed E-state index contributed by atoms with van der Waals surface area (Å²) in [5, 5.41) is 0. The molecule has 0 unspecified atom stereocenters. The summed E-state index contributed by atoms with van der Waals surface area (Å²) in [5.41, 5.74) is -0.0593. The Morgan fingerprint density at radius 2 is 1.72 bits per heavy atom. The summed E-state index contributed by atoms with van der Waals surface area (Å²) in [4.78, 5) is -0.804. The number of rotatable bonds is 5. The molecule has 0 fully saturated rings. The smallest absolute Gasteiger partial charge is 0.494 e. The fourth-order valence-corrected chi connectivity index (χ4v) is 1.88. The molecular weight excluding hydrogens is 271 g/mol. The SMILES string of the molecule is NCCCOc1ccc(S(=O)(=O)C(F)(F)F)cc1. The molecule has 4 nitrogen and oxygen atoms in total. The highest BCUT2D eigenvalue weighted by molar-refractivity contribution is 7.92. The van der Waals surface area contributed by atoms with Gasteiger partial charge in [0.1, 0.15) is 5.75 Å². The third-order valence-corrected chi connectivity index (χ3v) is 3.56. The minimum absolute atomic E-state index is 0.296. The maximum absolute atomic E-state index is 12.2. The van der Waals surface area contributed by atoms with Crippen molar-refractivity contribution >= 4 is 9.84 Å². The molecule has 102 valence electrons. The van der Waals surface area contributed by atoms with E-state index in [2.05, 4.69) is 0 Å². The van der Waals surface area contributed by atoms with Crippen LogP contribution in [0.25, 0.3) is 0 Å². The number of nitrogens with two attached hydrogens (primary N) is 1. The lowest BCUT2D eigenvalue weighted by atomic mass is 10.3. The lowest BCUT2D eigenvalue weighted by molar-refractivity contribution is -0.0436. The first-order chi connectivity index (χ1) is 8.29. The van der Waals surface area contributed by atoms with E-state index < -0.39 is 20.2 Å². The second-order valence-corrected chi connectivity index (χ2v) is 5.35. The van der Waals surface area contributed by atoms with Crippen molar-refractivity contribution in [2.45, 2.75) is 16.8 Å². The van der Waals surface area contributed by atoms with Gasteiger partial charge in [0, 0.05) is 0 Å². The normalized spacial score (nSPS) is 12.4. The fourth-order valence-electron chi connectivity index (χ4n) is 1.12. The van der Waals surface area contributed by atoms with Crippen molar-refractivity contribution < 1.29 is 26.3 Å². The summed E-state index contributed by atoms with van der Waals surface area (Å²) in [7, 11) is -5.29. The molecule has 18 heavy (non-hydrogen) atoms. The van der Waals surface area contributed by atoms with E-state index in [0.29, 0.717) is 25.3 Å². The molecule has 0 amide bonds. The molecule has 0 aliphatic heterocycles. The second-order valence-electron chi connectivity index (χ2n) is 3.41. The van der Waals surface area contributed by atoms with Crippen molar-refractivity contribution in [3.8, 4) is 5.75 Å². The first-order valence-corrected chi connectivity index (χ1v) is 6.51. The summed E-state index contributed by atoms with van der Waals surface area (Å²) in [5.74, 6) is 0.296. The van der Waals surface area contributed by atoms with E-state index in [0.717, 1.165) is 12.1 Å². The highest BCUT2D eigenvalue weighted by atomic mass is 32.2. The van der Waals surface area contributed by atoms with Crippen LogP contribution in [-0.2, 0) is 9.84 Å². The lowest BCUT2D eigenvalue weighted by Crippen LogP contribution is -2.23. The Kier molecular flexibility index (Phi) is 4.58. The van der Waals surface area contributed by atoms with E-state index in [1.807, 2.05) is 0 Å². The number of alkyl halides is 3. The maximum Gasteiger partial charge on any atom is 0.501 e. The molecule has 0 spiro atoms. The van der Waals surface area contributed by atoms with E-state index in [9.17, 15) is 21.6 Å². The molecule has 0 saturated heterocycles. The van der Waals surface area contributed by atoms with Gasteiger partial charge in [-0.3, -0.25) is 0 Å². The van der Waals surface area contributed by atoms with Crippen LogP contribution in [0.2, 0.25) is 0 Å². The zero-order valence-corrected chi connectivity index (χ0v) is 10.1. The van der Waals surface area contributed by atoms with Crippen LogP contribution in [0, 0.1) is 0 Å². The largest absolute Gasteiger partial charge is 0.501 e. The van der Waals surface area contributed by atoms with E-state index >= 15 is 0 Å². The van der Waals surface area contributed by atoms with Gasteiger partial charge in [-0.05, 0) is 37.2 Å². The molecule has 1 aromatic rings. The van der Waals surface area contributed by atoms with Crippen molar-refractivity contribution in [2.75, 3.05) is 13.2 Å². The monoisotopic (exact) mass is 283 g/mol. The minimum Gasteiger partial charge on any atom is -0.494 e. The van der Waals surface area contributed by atoms with Gasteiger partial charge < -0.3 is 10.5 Å². The molecule has 0 aromatic heterocycles. The first kappa shape index (κ1) is 14.8. The molecular formula is C10H12F3NO3S. The molecule has 1 aromatic carbocycles. The van der Waals surface area contributed by atoms with Crippen LogP contribution >= 0.6 is 0 Å². The van der Waals surface area contributed by atoms with Crippen molar-refractivity contribution in [3.05, 3.63) is 24.3 Å². The van der Waals surface area contributed by atoms with Gasteiger partial charge in [-0.1, -0.05) is 0 Å². The Labute approximate surface area is 102 Å². The Balaban J connectivity index is 2.84. The summed E-state index contributed by atoms with van der Waals surface area (Å²) < 4.78 is 63.9. The number of hydrogen-bond acceptors (Lipinski definition) is 4. The first-order valence-electron chi connectivity index (χ1n) is 5.03. The second kappa shape index (κ2) is 5.57. The Bertz CT molecular complexity index is 482. The van der Waals surface area contributed by atoms with Crippen LogP contribution < -0.4 is 10.5 Å². The number of ether oxygens (including phenoxy) is 1. The Hall–Kier alpha value is -1.28. The summed E-state index contributed by atoms with van der Waals surface area (Å²) >= 11 is 0. The number of benzene rings is 1. The number of hydrogen-bond donors (Lipinski definition) is 1. The maximum atomic E-state index is 12.2. The van der Waals surface area contributed by atoms with Crippen LogP contribution in [0.5, 0.6) is 5.75 Å². The molecule has 0 aliphatic carbocycles. The zero-order valence-electron chi connectivity index (χ0n) is 9.27. The molecule has 8 heteroatoms. The molecule has 0 bridgehead atoms. The van der Waals surface area contributed by atoms with Crippen molar-refractivity contribution in [1.82, 2.24) is 0 Å². The molecule has 2 N–H and O–H groups in total. The van der Waals surface area contributed by atoms with Crippen LogP contribution in [0.3, 0.4) is 0 Å². The Morgan fingerprint density at radius 1 is 1.17 bits per heavy atom. The lowest BCUT2D eigenvalue weighted by Gasteiger charge is -2.09. The molecule has 1 rings (SSSR count). The van der Waals surface area contributed by atoms with Crippen LogP contribution in [0.1, 0.15) is 6.42 Å². The van der Waals surface area contributed by atoms with Gasteiger partial charge in [0.25, 0.3) is 9.84 Å². The van der Waals surface area contributed by atoms with Crippen LogP contribution in [-0.4, -0.2) is 27.1 Å². The number of sulfone groups is 1. The molecule has 0 atom stereocenters. The van der Waals surface area contributed by atoms with Gasteiger partial charge >= 0.3 is 5.51 Å². The van der Waals surface area contributed by atoms with Gasteiger partial charge in [-0.2, -0.15) is 13.2 Å². The van der Waals surface area contributed by atoms with Crippen LogP contribution in [0.4, 0.5) is 13.2 Å². The van der Waals surface area contributed by atoms with E-state index in [4.69, 9.17) is 10.5 Å². The average Bonchev–Trinajstić information content (AvgIpc) is 2.28. The van der Waals surface area contributed by atoms with Crippen molar-refractivity contribution in [1.29, 1.82) is 0 Å². The fraction of sp³-hybridized carbons (Fsp3) is 0.400. The standard InChI is InChI=1S/C10H12F3NO3S/c11-10(12,13)18(15,16)9-4-2-8(3-5-9)17-7-1-6-14/h2-5H,1,6-7,14H2. The molecule has 0 aliphatic rings. The summed E-state index contributed by atoms with van der Waals surface area (Å²) in [6, 6.07) is 4.07. The molecule has 0 radical (unpaired) electrons. The van der Waals surface area contributed by atoms with E-state index in [1.54, 1.807) is 0 Å². The third kappa shape index (κ3) is 3.36. The quantitative estimate of drug-likeness (QED) is 0.835. The van der Waals surface area contributed by atoms with Crippen molar-refractivity contribution in [3.63, 3.8) is 0 Å². The van der Waals surface area contributed by atoms with Gasteiger partial charge in [0.2, 0.25) is 0 Å². The van der Waals surface area contributed by atoms with Gasteiger partial charge in [0.05, 0.1) is 11.5 Å². The third-order valence-electron chi connectivity index (χ3n) is 2.06. The predicted octanol–water partition coefficient (Wildman–Crippen LogP) is 1.71. The topological polar surface area (TPSA) is 69.4 Å². The van der Waals surface area contributed by atoms with E-state index in [1.165, 1.54) is 12.1 Å². The highest BCUT2D eigenvalue weighted by Gasteiger charge is 2.46. The van der Waals surface area contributed by atoms with Crippen molar-refractivity contribution in [2.24, 2.45) is 5.73 Å². The van der Waals surface area contributed by atoms with Gasteiger partial charge in [0.15, 0.2) is 0 Å². The number of halogens is 3. The zero-order chi connectivity index (χ0) is 13.8. The minimum atomic E-state index is -5.30. The molecule has 0 heterocycles. The van der Waals surface area contributed by atoms with E-state index in [-0.39, 0.29) is 0 Å². The highest BCUT2D eigenvalue weighted by Crippen LogP contribution is 2.30. The average molecular weight is 283 g/mol. The van der Waals surface area contributed by atoms with Gasteiger partial charge in [-0.25, -0.2) is 8.42 Å². The Morgan fingerprint density at radius 3 is 2.17 bits per heavy atom. The predicted molar refractivity (Wildman–Crippen MR) is 58.8 cm³/mol.